The number of aromatic nitrogens is 1. The van der Waals surface area contributed by atoms with Crippen molar-refractivity contribution in [2.24, 2.45) is 0 Å². The Bertz CT molecular complexity index is 554. The molecule has 0 fully saturated rings. The van der Waals surface area contributed by atoms with Crippen molar-refractivity contribution in [2.75, 3.05) is 6.54 Å². The van der Waals surface area contributed by atoms with E-state index in [1.165, 1.54) is 11.8 Å². The minimum Gasteiger partial charge on any atom is -0.310 e. The minimum absolute atomic E-state index is 0.167. The van der Waals surface area contributed by atoms with Gasteiger partial charge < -0.3 is 5.32 Å². The van der Waals surface area contributed by atoms with Gasteiger partial charge in [0.1, 0.15) is 5.82 Å². The molecule has 2 rings (SSSR count). The molecular formula is C14H17FN2S2. The summed E-state index contributed by atoms with van der Waals surface area (Å²) in [5.41, 5.74) is 1.95. The predicted octanol–water partition coefficient (Wildman–Crippen LogP) is 4.41. The van der Waals surface area contributed by atoms with Gasteiger partial charge in [-0.2, -0.15) is 0 Å². The molecule has 1 aromatic carbocycles. The SMILES string of the molecule is CCNC(C)c1ccc(Sc2nc(C)cs2)c(F)c1. The van der Waals surface area contributed by atoms with Gasteiger partial charge >= 0.3 is 0 Å². The van der Waals surface area contributed by atoms with Crippen molar-refractivity contribution in [3.05, 3.63) is 40.7 Å². The number of benzene rings is 1. The summed E-state index contributed by atoms with van der Waals surface area (Å²) in [7, 11) is 0. The Morgan fingerprint density at radius 3 is 2.84 bits per heavy atom. The molecule has 1 unspecified atom stereocenters. The Labute approximate surface area is 121 Å². The van der Waals surface area contributed by atoms with Crippen LogP contribution in [-0.4, -0.2) is 11.5 Å². The monoisotopic (exact) mass is 296 g/mol. The fourth-order valence-corrected chi connectivity index (χ4v) is 3.56. The molecule has 0 aliphatic carbocycles. The van der Waals surface area contributed by atoms with E-state index in [0.717, 1.165) is 22.1 Å². The van der Waals surface area contributed by atoms with Crippen LogP contribution in [0.3, 0.4) is 0 Å². The van der Waals surface area contributed by atoms with Crippen LogP contribution in [0.25, 0.3) is 0 Å². The zero-order valence-electron chi connectivity index (χ0n) is 11.2. The molecule has 102 valence electrons. The lowest BCUT2D eigenvalue weighted by Crippen LogP contribution is -2.17. The van der Waals surface area contributed by atoms with Gasteiger partial charge in [-0.3, -0.25) is 0 Å². The summed E-state index contributed by atoms with van der Waals surface area (Å²) in [6.45, 7) is 6.90. The lowest BCUT2D eigenvalue weighted by Gasteiger charge is -2.13. The number of hydrogen-bond donors (Lipinski definition) is 1. The standard InChI is InChI=1S/C14H17FN2S2/c1-4-16-10(3)11-5-6-13(12(15)7-11)19-14-17-9(2)8-18-14/h5-8,10,16H,4H2,1-3H3. The van der Waals surface area contributed by atoms with Gasteiger partial charge in [-0.25, -0.2) is 9.37 Å². The first-order chi connectivity index (χ1) is 9.10. The summed E-state index contributed by atoms with van der Waals surface area (Å²) in [6, 6.07) is 5.58. The van der Waals surface area contributed by atoms with Crippen LogP contribution in [0, 0.1) is 12.7 Å². The van der Waals surface area contributed by atoms with Crippen LogP contribution < -0.4 is 5.32 Å². The molecule has 0 saturated heterocycles. The molecule has 0 bridgehead atoms. The maximum atomic E-state index is 14.1. The van der Waals surface area contributed by atoms with Crippen LogP contribution in [0.5, 0.6) is 0 Å². The lowest BCUT2D eigenvalue weighted by molar-refractivity contribution is 0.572. The molecule has 0 aliphatic heterocycles. The molecule has 19 heavy (non-hydrogen) atoms. The highest BCUT2D eigenvalue weighted by molar-refractivity contribution is 8.01. The Hall–Kier alpha value is -0.910. The van der Waals surface area contributed by atoms with Gasteiger partial charge in [-0.1, -0.05) is 24.8 Å². The lowest BCUT2D eigenvalue weighted by atomic mass is 10.1. The van der Waals surface area contributed by atoms with Gasteiger partial charge in [0, 0.05) is 17.1 Å². The van der Waals surface area contributed by atoms with E-state index in [1.807, 2.05) is 38.3 Å². The highest BCUT2D eigenvalue weighted by Crippen LogP contribution is 2.33. The van der Waals surface area contributed by atoms with Crippen LogP contribution >= 0.6 is 23.1 Å². The average molecular weight is 296 g/mol. The van der Waals surface area contributed by atoms with Gasteiger partial charge in [0.25, 0.3) is 0 Å². The fourth-order valence-electron chi connectivity index (χ4n) is 1.77. The number of thiazole rings is 1. The van der Waals surface area contributed by atoms with Crippen molar-refractivity contribution < 1.29 is 4.39 Å². The average Bonchev–Trinajstić information content (AvgIpc) is 2.78. The number of halogens is 1. The molecule has 2 aromatic rings. The molecule has 1 heterocycles. The third kappa shape index (κ3) is 3.78. The van der Waals surface area contributed by atoms with E-state index in [0.29, 0.717) is 4.90 Å². The molecule has 0 aliphatic rings. The highest BCUT2D eigenvalue weighted by Gasteiger charge is 2.10. The third-order valence-corrected chi connectivity index (χ3v) is 4.87. The zero-order chi connectivity index (χ0) is 13.8. The number of hydrogen-bond acceptors (Lipinski definition) is 4. The van der Waals surface area contributed by atoms with Gasteiger partial charge in [-0.15, -0.1) is 11.3 Å². The normalized spacial score (nSPS) is 12.6. The molecule has 0 spiro atoms. The second-order valence-electron chi connectivity index (χ2n) is 4.33. The summed E-state index contributed by atoms with van der Waals surface area (Å²) in [5.74, 6) is -0.180. The van der Waals surface area contributed by atoms with Crippen molar-refractivity contribution in [3.8, 4) is 0 Å². The van der Waals surface area contributed by atoms with E-state index in [1.54, 1.807) is 17.4 Å². The first-order valence-corrected chi connectivity index (χ1v) is 7.92. The highest BCUT2D eigenvalue weighted by atomic mass is 32.2. The summed E-state index contributed by atoms with van der Waals surface area (Å²) in [5, 5.41) is 5.25. The summed E-state index contributed by atoms with van der Waals surface area (Å²) < 4.78 is 15.0. The maximum Gasteiger partial charge on any atom is 0.154 e. The van der Waals surface area contributed by atoms with Crippen molar-refractivity contribution in [3.63, 3.8) is 0 Å². The molecule has 5 heteroatoms. The molecule has 1 atom stereocenters. The Morgan fingerprint density at radius 2 is 2.26 bits per heavy atom. The summed E-state index contributed by atoms with van der Waals surface area (Å²) in [6.07, 6.45) is 0. The summed E-state index contributed by atoms with van der Waals surface area (Å²) in [4.78, 5) is 4.96. The third-order valence-electron chi connectivity index (χ3n) is 2.76. The molecule has 0 saturated carbocycles. The van der Waals surface area contributed by atoms with Crippen molar-refractivity contribution in [1.82, 2.24) is 10.3 Å². The number of rotatable bonds is 5. The van der Waals surface area contributed by atoms with Crippen molar-refractivity contribution >= 4 is 23.1 Å². The first kappa shape index (κ1) is 14.5. The van der Waals surface area contributed by atoms with Crippen molar-refractivity contribution in [2.45, 2.75) is 36.0 Å². The van der Waals surface area contributed by atoms with E-state index < -0.39 is 0 Å². The summed E-state index contributed by atoms with van der Waals surface area (Å²) >= 11 is 2.93. The largest absolute Gasteiger partial charge is 0.310 e. The Morgan fingerprint density at radius 1 is 1.47 bits per heavy atom. The van der Waals surface area contributed by atoms with Crippen LogP contribution in [0.15, 0.2) is 32.8 Å². The fraction of sp³-hybridized carbons (Fsp3) is 0.357. The Balaban J connectivity index is 2.15. The second kappa shape index (κ2) is 6.50. The van der Waals surface area contributed by atoms with Gasteiger partial charge in [0.05, 0.1) is 4.90 Å². The second-order valence-corrected chi connectivity index (χ2v) is 6.47. The van der Waals surface area contributed by atoms with Crippen molar-refractivity contribution in [1.29, 1.82) is 0 Å². The van der Waals surface area contributed by atoms with Crippen LogP contribution in [0.1, 0.15) is 31.1 Å². The minimum atomic E-state index is -0.180. The van der Waals surface area contributed by atoms with E-state index in [-0.39, 0.29) is 11.9 Å². The molecule has 1 aromatic heterocycles. The Kier molecular flexibility index (Phi) is 4.96. The first-order valence-electron chi connectivity index (χ1n) is 6.23. The van der Waals surface area contributed by atoms with E-state index in [4.69, 9.17) is 0 Å². The van der Waals surface area contributed by atoms with E-state index in [2.05, 4.69) is 10.3 Å². The van der Waals surface area contributed by atoms with Gasteiger partial charge in [0.15, 0.2) is 4.34 Å². The van der Waals surface area contributed by atoms with E-state index >= 15 is 0 Å². The number of nitrogens with one attached hydrogen (secondary N) is 1. The number of aryl methyl sites for hydroxylation is 1. The quantitative estimate of drug-likeness (QED) is 0.884. The zero-order valence-corrected chi connectivity index (χ0v) is 12.9. The molecular weight excluding hydrogens is 279 g/mol. The van der Waals surface area contributed by atoms with Crippen LogP contribution in [0.2, 0.25) is 0 Å². The molecule has 2 nitrogen and oxygen atoms in total. The topological polar surface area (TPSA) is 24.9 Å². The maximum absolute atomic E-state index is 14.1. The smallest absolute Gasteiger partial charge is 0.154 e. The predicted molar refractivity (Wildman–Crippen MR) is 79.5 cm³/mol. The van der Waals surface area contributed by atoms with Crippen LogP contribution in [-0.2, 0) is 0 Å². The number of nitrogens with zero attached hydrogens (tertiary/aromatic N) is 1. The molecule has 0 radical (unpaired) electrons. The van der Waals surface area contributed by atoms with Gasteiger partial charge in [0.2, 0.25) is 0 Å². The van der Waals surface area contributed by atoms with Gasteiger partial charge in [-0.05, 0) is 38.1 Å². The molecule has 1 N–H and O–H groups in total. The molecule has 0 amide bonds. The van der Waals surface area contributed by atoms with Crippen LogP contribution in [0.4, 0.5) is 4.39 Å². The van der Waals surface area contributed by atoms with E-state index in [9.17, 15) is 4.39 Å².